The molecule has 1 aromatic heterocycles. The highest BCUT2D eigenvalue weighted by Crippen LogP contribution is 2.25. The number of aromatic nitrogens is 1. The van der Waals surface area contributed by atoms with Crippen molar-refractivity contribution < 1.29 is 0 Å². The number of para-hydroxylation sites is 2. The van der Waals surface area contributed by atoms with Gasteiger partial charge in [0.2, 0.25) is 0 Å². The molecule has 0 bridgehead atoms. The topological polar surface area (TPSA) is 15.8 Å². The van der Waals surface area contributed by atoms with Crippen LogP contribution in [-0.2, 0) is 0 Å². The van der Waals surface area contributed by atoms with Crippen molar-refractivity contribution in [2.45, 2.75) is 6.92 Å². The number of allylic oxidation sites excluding steroid dienone is 5. The van der Waals surface area contributed by atoms with Crippen LogP contribution >= 0.6 is 0 Å². The van der Waals surface area contributed by atoms with Gasteiger partial charge in [0, 0.05) is 21.8 Å². The molecule has 5 rings (SSSR count). The summed E-state index contributed by atoms with van der Waals surface area (Å²) in [5.41, 5.74) is 7.28. The zero-order chi connectivity index (χ0) is 22.2. The molecule has 32 heavy (non-hydrogen) atoms. The molecule has 0 unspecified atom stereocenters. The Morgan fingerprint density at radius 1 is 0.688 bits per heavy atom. The molecule has 0 radical (unpaired) electrons. The van der Waals surface area contributed by atoms with Gasteiger partial charge in [0.1, 0.15) is 0 Å². The fourth-order valence-electron chi connectivity index (χ4n) is 3.86. The Bertz CT molecular complexity index is 1330. The number of hydrogen-bond donors (Lipinski definition) is 1. The van der Waals surface area contributed by atoms with Gasteiger partial charge >= 0.3 is 0 Å². The molecule has 0 amide bonds. The number of nitrogens with one attached hydrogen (secondary N) is 1. The summed E-state index contributed by atoms with van der Waals surface area (Å²) in [5, 5.41) is 2.61. The van der Waals surface area contributed by atoms with Gasteiger partial charge in [0.15, 0.2) is 0 Å². The van der Waals surface area contributed by atoms with Gasteiger partial charge in [-0.3, -0.25) is 0 Å². The van der Waals surface area contributed by atoms with Crippen LogP contribution in [0.4, 0.5) is 0 Å². The molecule has 0 aliphatic rings. The number of fused-ring (bicyclic) bond motifs is 3. The van der Waals surface area contributed by atoms with E-state index in [2.05, 4.69) is 115 Å². The minimum absolute atomic E-state index is 1.18. The maximum absolute atomic E-state index is 3.78. The quantitative estimate of drug-likeness (QED) is 0.283. The van der Waals surface area contributed by atoms with E-state index in [0.717, 1.165) is 0 Å². The third-order valence-corrected chi connectivity index (χ3v) is 5.36. The summed E-state index contributed by atoms with van der Waals surface area (Å²) in [4.78, 5) is 3.38. The summed E-state index contributed by atoms with van der Waals surface area (Å²) in [6.07, 6.45) is 8.00. The normalized spacial score (nSPS) is 11.5. The van der Waals surface area contributed by atoms with Gasteiger partial charge in [0.05, 0.1) is 0 Å². The molecule has 0 aliphatic carbocycles. The minimum Gasteiger partial charge on any atom is -0.355 e. The predicted molar refractivity (Wildman–Crippen MR) is 141 cm³/mol. The van der Waals surface area contributed by atoms with Gasteiger partial charge in [-0.1, -0.05) is 116 Å². The molecule has 156 valence electrons. The van der Waals surface area contributed by atoms with E-state index in [0.29, 0.717) is 0 Å². The van der Waals surface area contributed by atoms with Crippen molar-refractivity contribution in [1.82, 2.24) is 4.98 Å². The van der Waals surface area contributed by atoms with Crippen molar-refractivity contribution in [2.75, 3.05) is 0 Å². The van der Waals surface area contributed by atoms with Crippen LogP contribution in [-0.4, -0.2) is 4.98 Å². The maximum atomic E-state index is 3.78. The lowest BCUT2D eigenvalue weighted by Gasteiger charge is -2.06. The zero-order valence-electron chi connectivity index (χ0n) is 18.3. The first-order chi connectivity index (χ1) is 15.8. The first-order valence-corrected chi connectivity index (χ1v) is 10.9. The summed E-state index contributed by atoms with van der Waals surface area (Å²) in [7, 11) is 0. The fraction of sp³-hybridized carbons (Fsp3) is 0.0323. The van der Waals surface area contributed by atoms with E-state index >= 15 is 0 Å². The molecule has 1 N–H and O–H groups in total. The van der Waals surface area contributed by atoms with Crippen LogP contribution in [0, 0.1) is 0 Å². The second-order valence-electron chi connectivity index (χ2n) is 7.52. The standard InChI is InChI=1S/C19H18.C12H9N/c1-3-9-16(10-4-2)18-13-8-14-19(15-18)17-11-6-5-7-12-17;1-3-7-11-9(5-1)10-6-2-4-8-12(10)13-11/h3-15H,1H2,2H3;1-8,13H/b10-4-,16-9+;. The molecule has 1 nitrogen and oxygen atoms in total. The van der Waals surface area contributed by atoms with Gasteiger partial charge in [0.25, 0.3) is 0 Å². The van der Waals surface area contributed by atoms with Crippen LogP contribution in [0.2, 0.25) is 0 Å². The largest absolute Gasteiger partial charge is 0.355 e. The lowest BCUT2D eigenvalue weighted by Crippen LogP contribution is -1.83. The van der Waals surface area contributed by atoms with Crippen molar-refractivity contribution in [1.29, 1.82) is 0 Å². The van der Waals surface area contributed by atoms with Crippen LogP contribution in [0.1, 0.15) is 12.5 Å². The van der Waals surface area contributed by atoms with E-state index in [1.165, 1.54) is 44.1 Å². The molecule has 1 heteroatoms. The summed E-state index contributed by atoms with van der Waals surface area (Å²) < 4.78 is 0. The van der Waals surface area contributed by atoms with Crippen LogP contribution < -0.4 is 0 Å². The average Bonchev–Trinajstić information content (AvgIpc) is 3.24. The van der Waals surface area contributed by atoms with Gasteiger partial charge < -0.3 is 4.98 Å². The second-order valence-corrected chi connectivity index (χ2v) is 7.52. The second kappa shape index (κ2) is 10.3. The maximum Gasteiger partial charge on any atom is 0.0464 e. The Morgan fingerprint density at radius 3 is 1.91 bits per heavy atom. The minimum atomic E-state index is 1.18. The highest BCUT2D eigenvalue weighted by atomic mass is 14.7. The van der Waals surface area contributed by atoms with Crippen molar-refractivity contribution >= 4 is 27.4 Å². The monoisotopic (exact) mass is 413 g/mol. The van der Waals surface area contributed by atoms with E-state index < -0.39 is 0 Å². The molecule has 0 atom stereocenters. The van der Waals surface area contributed by atoms with E-state index in [4.69, 9.17) is 0 Å². The summed E-state index contributed by atoms with van der Waals surface area (Å²) >= 11 is 0. The van der Waals surface area contributed by atoms with Gasteiger partial charge in [-0.05, 0) is 47.4 Å². The first-order valence-electron chi connectivity index (χ1n) is 10.9. The Labute approximate surface area is 190 Å². The van der Waals surface area contributed by atoms with Crippen molar-refractivity contribution in [3.8, 4) is 11.1 Å². The van der Waals surface area contributed by atoms with Crippen molar-refractivity contribution in [3.63, 3.8) is 0 Å². The van der Waals surface area contributed by atoms with E-state index in [-0.39, 0.29) is 0 Å². The molecule has 0 saturated carbocycles. The molecule has 0 aliphatic heterocycles. The molecule has 1 heterocycles. The third kappa shape index (κ3) is 4.79. The summed E-state index contributed by atoms with van der Waals surface area (Å²) in [6.45, 7) is 5.80. The Morgan fingerprint density at radius 2 is 1.28 bits per heavy atom. The van der Waals surface area contributed by atoms with E-state index in [1.54, 1.807) is 0 Å². The zero-order valence-corrected chi connectivity index (χ0v) is 18.3. The molecule has 0 spiro atoms. The molecule has 4 aromatic carbocycles. The van der Waals surface area contributed by atoms with E-state index in [1.807, 2.05) is 31.2 Å². The first kappa shape index (κ1) is 21.1. The molecular weight excluding hydrogens is 386 g/mol. The van der Waals surface area contributed by atoms with Crippen molar-refractivity contribution in [2.24, 2.45) is 0 Å². The SMILES string of the molecule is C=C/C=C(\C=C/C)c1cccc(-c2ccccc2)c1.c1ccc2c(c1)[nH]c1ccccc12. The van der Waals surface area contributed by atoms with Crippen LogP contribution in [0.15, 0.2) is 134 Å². The molecule has 0 fully saturated rings. The van der Waals surface area contributed by atoms with Crippen LogP contribution in [0.3, 0.4) is 0 Å². The molecule has 5 aromatic rings. The average molecular weight is 414 g/mol. The third-order valence-electron chi connectivity index (χ3n) is 5.36. The Balaban J connectivity index is 0.000000163. The molecule has 0 saturated heterocycles. The van der Waals surface area contributed by atoms with Gasteiger partial charge in [-0.15, -0.1) is 0 Å². The Hall–Kier alpha value is -4.10. The van der Waals surface area contributed by atoms with Crippen LogP contribution in [0.25, 0.3) is 38.5 Å². The number of aromatic amines is 1. The van der Waals surface area contributed by atoms with Gasteiger partial charge in [-0.2, -0.15) is 0 Å². The highest BCUT2D eigenvalue weighted by molar-refractivity contribution is 6.06. The van der Waals surface area contributed by atoms with E-state index in [9.17, 15) is 0 Å². The predicted octanol–water partition coefficient (Wildman–Crippen LogP) is 8.82. The summed E-state index contributed by atoms with van der Waals surface area (Å²) in [5.74, 6) is 0. The van der Waals surface area contributed by atoms with Crippen LogP contribution in [0.5, 0.6) is 0 Å². The smallest absolute Gasteiger partial charge is 0.0464 e. The lowest BCUT2D eigenvalue weighted by atomic mass is 9.98. The molecular formula is C31H27N. The van der Waals surface area contributed by atoms with Crippen molar-refractivity contribution in [3.05, 3.63) is 140 Å². The number of rotatable bonds is 4. The number of hydrogen-bond acceptors (Lipinski definition) is 0. The number of benzene rings is 4. The lowest BCUT2D eigenvalue weighted by molar-refractivity contribution is 1.55. The summed E-state index contributed by atoms with van der Waals surface area (Å²) in [6, 6.07) is 35.8. The Kier molecular flexibility index (Phi) is 6.79. The fourth-order valence-corrected chi connectivity index (χ4v) is 3.86. The van der Waals surface area contributed by atoms with Gasteiger partial charge in [-0.25, -0.2) is 0 Å². The number of H-pyrrole nitrogens is 1. The highest BCUT2D eigenvalue weighted by Gasteiger charge is 2.01.